The van der Waals surface area contributed by atoms with Crippen molar-refractivity contribution >= 4 is 11.9 Å². The van der Waals surface area contributed by atoms with Crippen LogP contribution in [0.25, 0.3) is 0 Å². The van der Waals surface area contributed by atoms with Crippen LogP contribution < -0.4 is 0 Å². The minimum Gasteiger partial charge on any atom is -0.451 e. The van der Waals surface area contributed by atoms with Crippen molar-refractivity contribution in [2.24, 2.45) is 0 Å². The first-order valence-corrected chi connectivity index (χ1v) is 9.19. The van der Waals surface area contributed by atoms with Crippen LogP contribution in [0.4, 0.5) is 0 Å². The molecule has 0 aromatic carbocycles. The lowest BCUT2D eigenvalue weighted by atomic mass is 9.94. The van der Waals surface area contributed by atoms with Crippen LogP contribution in [0.5, 0.6) is 0 Å². The first-order valence-electron chi connectivity index (χ1n) is 9.19. The van der Waals surface area contributed by atoms with Gasteiger partial charge in [-0.25, -0.2) is 4.79 Å². The molecule has 2 fully saturated rings. The molecule has 6 nitrogen and oxygen atoms in total. The summed E-state index contributed by atoms with van der Waals surface area (Å²) in [6.07, 6.45) is 6.21. The smallest absolute Gasteiger partial charge is 0.335 e. The quantitative estimate of drug-likeness (QED) is 0.665. The van der Waals surface area contributed by atoms with Gasteiger partial charge in [0.05, 0.1) is 12.7 Å². The predicted octanol–water partition coefficient (Wildman–Crippen LogP) is 2.29. The number of carbonyl (C=O) groups excluding carboxylic acids is 2. The van der Waals surface area contributed by atoms with Gasteiger partial charge in [-0.1, -0.05) is 19.3 Å². The summed E-state index contributed by atoms with van der Waals surface area (Å²) in [5.41, 5.74) is 0. The van der Waals surface area contributed by atoms with E-state index in [1.807, 2.05) is 0 Å². The Morgan fingerprint density at radius 2 is 1.79 bits per heavy atom. The molecule has 2 rings (SSSR count). The lowest BCUT2D eigenvalue weighted by Crippen LogP contribution is -2.45. The second kappa shape index (κ2) is 9.37. The first-order chi connectivity index (χ1) is 11.5. The molecule has 0 aromatic rings. The van der Waals surface area contributed by atoms with E-state index >= 15 is 0 Å². The van der Waals surface area contributed by atoms with E-state index in [4.69, 9.17) is 14.2 Å². The third-order valence-electron chi connectivity index (χ3n) is 5.00. The molecule has 24 heavy (non-hydrogen) atoms. The molecule has 1 saturated heterocycles. The third-order valence-corrected chi connectivity index (χ3v) is 5.00. The largest absolute Gasteiger partial charge is 0.451 e. The fourth-order valence-corrected chi connectivity index (χ4v) is 3.35. The van der Waals surface area contributed by atoms with E-state index in [1.54, 1.807) is 25.8 Å². The van der Waals surface area contributed by atoms with Crippen molar-refractivity contribution in [3.8, 4) is 0 Å². The minimum absolute atomic E-state index is 0.0664. The Bertz CT molecular complexity index is 416. The van der Waals surface area contributed by atoms with E-state index in [0.29, 0.717) is 6.61 Å². The van der Waals surface area contributed by atoms with E-state index in [2.05, 4.69) is 0 Å². The molecule has 0 radical (unpaired) electrons. The summed E-state index contributed by atoms with van der Waals surface area (Å²) in [5.74, 6) is -0.632. The maximum atomic E-state index is 12.5. The normalized spacial score (nSPS) is 24.4. The molecule has 3 atom stereocenters. The lowest BCUT2D eigenvalue weighted by molar-refractivity contribution is -0.169. The van der Waals surface area contributed by atoms with Crippen LogP contribution in [0, 0.1) is 0 Å². The molecule has 0 N–H and O–H groups in total. The summed E-state index contributed by atoms with van der Waals surface area (Å²) in [6, 6.07) is 0.264. The van der Waals surface area contributed by atoms with Crippen molar-refractivity contribution in [2.75, 3.05) is 20.3 Å². The van der Waals surface area contributed by atoms with Crippen LogP contribution in [0.3, 0.4) is 0 Å². The van der Waals surface area contributed by atoms with E-state index in [1.165, 1.54) is 6.42 Å². The van der Waals surface area contributed by atoms with Crippen molar-refractivity contribution in [3.05, 3.63) is 0 Å². The number of esters is 1. The molecule has 1 heterocycles. The third kappa shape index (κ3) is 5.45. The van der Waals surface area contributed by atoms with Gasteiger partial charge in [0, 0.05) is 19.7 Å². The number of carbonyl (C=O) groups is 2. The van der Waals surface area contributed by atoms with Gasteiger partial charge in [-0.15, -0.1) is 0 Å². The van der Waals surface area contributed by atoms with Crippen molar-refractivity contribution in [1.29, 1.82) is 0 Å². The van der Waals surface area contributed by atoms with Crippen LogP contribution >= 0.6 is 0 Å². The van der Waals surface area contributed by atoms with Gasteiger partial charge in [-0.3, -0.25) is 4.79 Å². The molecule has 6 heteroatoms. The second-order valence-corrected chi connectivity index (χ2v) is 6.93. The summed E-state index contributed by atoms with van der Waals surface area (Å²) < 4.78 is 16.3. The molecule has 2 aliphatic rings. The van der Waals surface area contributed by atoms with E-state index in [0.717, 1.165) is 45.1 Å². The Hall–Kier alpha value is -1.14. The fourth-order valence-electron chi connectivity index (χ4n) is 3.35. The predicted molar refractivity (Wildman–Crippen MR) is 89.6 cm³/mol. The van der Waals surface area contributed by atoms with Crippen molar-refractivity contribution in [1.82, 2.24) is 4.90 Å². The summed E-state index contributed by atoms with van der Waals surface area (Å²) in [5, 5.41) is 0. The highest BCUT2D eigenvalue weighted by Gasteiger charge is 2.29. The summed E-state index contributed by atoms with van der Waals surface area (Å²) >= 11 is 0. The molecule has 3 unspecified atom stereocenters. The Balaban J connectivity index is 1.73. The average molecular weight is 341 g/mol. The van der Waals surface area contributed by atoms with Gasteiger partial charge in [0.2, 0.25) is 0 Å². The van der Waals surface area contributed by atoms with Gasteiger partial charge in [0.1, 0.15) is 0 Å². The van der Waals surface area contributed by atoms with Gasteiger partial charge in [0.15, 0.2) is 12.2 Å². The number of ether oxygens (including phenoxy) is 3. The number of hydrogen-bond donors (Lipinski definition) is 0. The Morgan fingerprint density at radius 1 is 1.08 bits per heavy atom. The van der Waals surface area contributed by atoms with Crippen molar-refractivity contribution < 1.29 is 23.8 Å². The summed E-state index contributed by atoms with van der Waals surface area (Å²) in [7, 11) is 1.81. The van der Waals surface area contributed by atoms with E-state index < -0.39 is 18.2 Å². The molecule has 1 aliphatic heterocycles. The molecular formula is C18H31NO5. The van der Waals surface area contributed by atoms with Gasteiger partial charge in [0.25, 0.3) is 5.91 Å². The number of rotatable bonds is 7. The number of hydrogen-bond acceptors (Lipinski definition) is 5. The van der Waals surface area contributed by atoms with Crippen LogP contribution in [0.1, 0.15) is 58.8 Å². The zero-order valence-corrected chi connectivity index (χ0v) is 15.2. The standard InChI is InChI=1S/C18H31NO5/c1-13(17(20)19(3)15-8-5-4-6-9-15)24-18(21)14(2)23-12-16-10-7-11-22-16/h13-16H,4-12H2,1-3H3. The number of nitrogens with zero attached hydrogens (tertiary/aromatic N) is 1. The van der Waals surface area contributed by atoms with Crippen LogP contribution in [0.2, 0.25) is 0 Å². The summed E-state index contributed by atoms with van der Waals surface area (Å²) in [4.78, 5) is 26.3. The summed E-state index contributed by atoms with van der Waals surface area (Å²) in [6.45, 7) is 4.43. The van der Waals surface area contributed by atoms with Crippen molar-refractivity contribution in [2.45, 2.75) is 83.1 Å². The fraction of sp³-hybridized carbons (Fsp3) is 0.889. The Kier molecular flexibility index (Phi) is 7.49. The van der Waals surface area contributed by atoms with Gasteiger partial charge < -0.3 is 19.1 Å². The monoisotopic (exact) mass is 341 g/mol. The first kappa shape index (κ1) is 19.2. The maximum Gasteiger partial charge on any atom is 0.335 e. The lowest BCUT2D eigenvalue weighted by Gasteiger charge is -2.32. The SMILES string of the molecule is CC(OCC1CCCO1)C(=O)OC(C)C(=O)N(C)C1CCCCC1. The zero-order valence-electron chi connectivity index (χ0n) is 15.2. The van der Waals surface area contributed by atoms with Gasteiger partial charge in [-0.2, -0.15) is 0 Å². The van der Waals surface area contributed by atoms with Gasteiger partial charge >= 0.3 is 5.97 Å². The van der Waals surface area contributed by atoms with Crippen LogP contribution in [-0.2, 0) is 23.8 Å². The second-order valence-electron chi connectivity index (χ2n) is 6.93. The molecule has 1 aliphatic carbocycles. The zero-order chi connectivity index (χ0) is 17.5. The molecule has 0 bridgehead atoms. The number of amides is 1. The average Bonchev–Trinajstić information content (AvgIpc) is 3.12. The molecular weight excluding hydrogens is 310 g/mol. The highest BCUT2D eigenvalue weighted by molar-refractivity contribution is 5.84. The molecule has 0 aromatic heterocycles. The molecule has 138 valence electrons. The van der Waals surface area contributed by atoms with Crippen molar-refractivity contribution in [3.63, 3.8) is 0 Å². The molecule has 1 saturated carbocycles. The Morgan fingerprint density at radius 3 is 2.42 bits per heavy atom. The number of likely N-dealkylation sites (N-methyl/N-ethyl adjacent to an activating group) is 1. The van der Waals surface area contributed by atoms with E-state index in [-0.39, 0.29) is 18.1 Å². The van der Waals surface area contributed by atoms with Crippen LogP contribution in [0.15, 0.2) is 0 Å². The molecule has 1 amide bonds. The Labute approximate surface area is 144 Å². The highest BCUT2D eigenvalue weighted by Crippen LogP contribution is 2.22. The highest BCUT2D eigenvalue weighted by atomic mass is 16.6. The minimum atomic E-state index is -0.779. The van der Waals surface area contributed by atoms with Gasteiger partial charge in [-0.05, 0) is 39.5 Å². The molecule has 0 spiro atoms. The topological polar surface area (TPSA) is 65.1 Å². The van der Waals surface area contributed by atoms with E-state index in [9.17, 15) is 9.59 Å². The van der Waals surface area contributed by atoms with Crippen LogP contribution in [-0.4, -0.2) is 61.4 Å². The maximum absolute atomic E-state index is 12.5.